The average molecular weight is 362 g/mol. The van der Waals surface area contributed by atoms with Gasteiger partial charge in [-0.05, 0) is 36.7 Å². The molecular weight excluding hydrogens is 351 g/mol. The van der Waals surface area contributed by atoms with E-state index in [0.717, 1.165) is 0 Å². The van der Waals surface area contributed by atoms with Gasteiger partial charge in [-0.2, -0.15) is 13.2 Å². The van der Waals surface area contributed by atoms with E-state index in [2.05, 4.69) is 4.98 Å². The van der Waals surface area contributed by atoms with Gasteiger partial charge in [0.25, 0.3) is 0 Å². The maximum atomic E-state index is 12.7. The second-order valence-corrected chi connectivity index (χ2v) is 6.54. The number of nitrogens with zero attached hydrogens (tertiary/aromatic N) is 1. The minimum Gasteiger partial charge on any atom is -0.455 e. The van der Waals surface area contributed by atoms with E-state index in [1.54, 1.807) is 6.07 Å². The summed E-state index contributed by atoms with van der Waals surface area (Å²) in [7, 11) is 0. The molecule has 0 bridgehead atoms. The standard InChI is InChI=1S/C15H11ClF3NO2S/c16-8-5-9(7-20-6-8)22-12-3-4-13(23-15(17,18)19)14-10(12)1-2-11(14)21/h3-7,11,21H,1-2H2. The van der Waals surface area contributed by atoms with Crippen molar-refractivity contribution in [2.24, 2.45) is 0 Å². The van der Waals surface area contributed by atoms with E-state index in [4.69, 9.17) is 16.3 Å². The molecule has 23 heavy (non-hydrogen) atoms. The van der Waals surface area contributed by atoms with E-state index in [9.17, 15) is 18.3 Å². The highest BCUT2D eigenvalue weighted by molar-refractivity contribution is 8.00. The Balaban J connectivity index is 1.97. The quantitative estimate of drug-likeness (QED) is 0.770. The van der Waals surface area contributed by atoms with Crippen LogP contribution in [0, 0.1) is 0 Å². The fourth-order valence-corrected chi connectivity index (χ4v) is 3.47. The molecule has 1 aromatic heterocycles. The number of pyridine rings is 1. The molecule has 3 rings (SSSR count). The van der Waals surface area contributed by atoms with Crippen LogP contribution in [0.1, 0.15) is 23.7 Å². The third kappa shape index (κ3) is 3.73. The predicted molar refractivity (Wildman–Crippen MR) is 81.0 cm³/mol. The third-order valence-corrected chi connectivity index (χ3v) is 4.42. The highest BCUT2D eigenvalue weighted by Crippen LogP contribution is 2.47. The van der Waals surface area contributed by atoms with Gasteiger partial charge >= 0.3 is 5.51 Å². The van der Waals surface area contributed by atoms with E-state index in [-0.39, 0.29) is 16.7 Å². The molecule has 1 atom stereocenters. The Morgan fingerprint density at radius 3 is 2.78 bits per heavy atom. The number of aliphatic hydroxyl groups excluding tert-OH is 1. The summed E-state index contributed by atoms with van der Waals surface area (Å²) in [5.41, 5.74) is -3.53. The molecular formula is C15H11ClF3NO2S. The lowest BCUT2D eigenvalue weighted by molar-refractivity contribution is -0.0328. The van der Waals surface area contributed by atoms with Crippen molar-refractivity contribution >= 4 is 23.4 Å². The van der Waals surface area contributed by atoms with Gasteiger partial charge in [-0.3, -0.25) is 4.98 Å². The summed E-state index contributed by atoms with van der Waals surface area (Å²) in [5, 5.41) is 10.4. The van der Waals surface area contributed by atoms with Gasteiger partial charge in [0.05, 0.1) is 17.3 Å². The van der Waals surface area contributed by atoms with Gasteiger partial charge < -0.3 is 9.84 Å². The first-order valence-electron chi connectivity index (χ1n) is 6.71. The molecule has 1 unspecified atom stereocenters. The number of rotatable bonds is 3. The first-order chi connectivity index (χ1) is 10.8. The topological polar surface area (TPSA) is 42.4 Å². The molecule has 8 heteroatoms. The van der Waals surface area contributed by atoms with Crippen LogP contribution in [0.15, 0.2) is 35.5 Å². The molecule has 0 saturated heterocycles. The summed E-state index contributed by atoms with van der Waals surface area (Å²) in [4.78, 5) is 3.90. The SMILES string of the molecule is OC1CCc2c(Oc3cncc(Cl)c3)ccc(SC(F)(F)F)c21. The minimum absolute atomic E-state index is 0.00840. The smallest absolute Gasteiger partial charge is 0.446 e. The summed E-state index contributed by atoms with van der Waals surface area (Å²) in [6.45, 7) is 0. The predicted octanol–water partition coefficient (Wildman–Crippen LogP) is 5.12. The number of hydrogen-bond donors (Lipinski definition) is 1. The highest BCUT2D eigenvalue weighted by atomic mass is 35.5. The van der Waals surface area contributed by atoms with Crippen molar-refractivity contribution in [1.29, 1.82) is 0 Å². The maximum absolute atomic E-state index is 12.7. The number of aliphatic hydroxyl groups is 1. The van der Waals surface area contributed by atoms with Crippen molar-refractivity contribution in [3.8, 4) is 11.5 Å². The van der Waals surface area contributed by atoms with Crippen LogP contribution in [0.4, 0.5) is 13.2 Å². The van der Waals surface area contributed by atoms with E-state index >= 15 is 0 Å². The number of ether oxygens (including phenoxy) is 1. The normalized spacial score (nSPS) is 17.2. The van der Waals surface area contributed by atoms with Crippen molar-refractivity contribution in [2.75, 3.05) is 0 Å². The van der Waals surface area contributed by atoms with Crippen LogP contribution in [0.3, 0.4) is 0 Å². The Hall–Kier alpha value is -1.44. The number of alkyl halides is 3. The lowest BCUT2D eigenvalue weighted by Crippen LogP contribution is -2.03. The zero-order valence-corrected chi connectivity index (χ0v) is 13.2. The number of thioether (sulfide) groups is 1. The lowest BCUT2D eigenvalue weighted by atomic mass is 10.1. The monoisotopic (exact) mass is 361 g/mol. The Morgan fingerprint density at radius 2 is 2.09 bits per heavy atom. The van der Waals surface area contributed by atoms with Gasteiger partial charge in [-0.1, -0.05) is 11.6 Å². The van der Waals surface area contributed by atoms with Crippen LogP contribution in [0.2, 0.25) is 5.02 Å². The van der Waals surface area contributed by atoms with Gasteiger partial charge in [0.1, 0.15) is 11.5 Å². The zero-order valence-electron chi connectivity index (χ0n) is 11.6. The van der Waals surface area contributed by atoms with Crippen molar-refractivity contribution in [3.63, 3.8) is 0 Å². The summed E-state index contributed by atoms with van der Waals surface area (Å²) >= 11 is 5.62. The fourth-order valence-electron chi connectivity index (χ4n) is 2.56. The first kappa shape index (κ1) is 16.4. The van der Waals surface area contributed by atoms with Crippen LogP contribution in [0.5, 0.6) is 11.5 Å². The third-order valence-electron chi connectivity index (χ3n) is 3.41. The average Bonchev–Trinajstić information content (AvgIpc) is 2.83. The van der Waals surface area contributed by atoms with Crippen molar-refractivity contribution in [1.82, 2.24) is 4.98 Å². The van der Waals surface area contributed by atoms with Crippen molar-refractivity contribution in [3.05, 3.63) is 46.7 Å². The van der Waals surface area contributed by atoms with Gasteiger partial charge in [-0.15, -0.1) is 0 Å². The van der Waals surface area contributed by atoms with Crippen LogP contribution in [-0.4, -0.2) is 15.6 Å². The number of benzene rings is 1. The molecule has 0 aliphatic heterocycles. The van der Waals surface area contributed by atoms with E-state index < -0.39 is 11.6 Å². The van der Waals surface area contributed by atoms with Crippen LogP contribution in [-0.2, 0) is 6.42 Å². The van der Waals surface area contributed by atoms with E-state index in [1.165, 1.54) is 24.5 Å². The fraction of sp³-hybridized carbons (Fsp3) is 0.267. The minimum atomic E-state index is -4.41. The van der Waals surface area contributed by atoms with Gasteiger partial charge in [0, 0.05) is 28.3 Å². The van der Waals surface area contributed by atoms with Gasteiger partial charge in [0.2, 0.25) is 0 Å². The number of halogens is 4. The lowest BCUT2D eigenvalue weighted by Gasteiger charge is -2.16. The molecule has 0 spiro atoms. The Labute approximate surface area is 139 Å². The van der Waals surface area contributed by atoms with Crippen molar-refractivity contribution in [2.45, 2.75) is 29.3 Å². The Kier molecular flexibility index (Phi) is 4.44. The number of fused-ring (bicyclic) bond motifs is 1. The Bertz CT molecular complexity index is 739. The molecule has 2 aromatic rings. The molecule has 122 valence electrons. The molecule has 1 aliphatic rings. The van der Waals surface area contributed by atoms with E-state index in [0.29, 0.717) is 40.5 Å². The number of hydrogen-bond acceptors (Lipinski definition) is 4. The van der Waals surface area contributed by atoms with Gasteiger partial charge in [0.15, 0.2) is 0 Å². The Morgan fingerprint density at radius 1 is 1.30 bits per heavy atom. The van der Waals surface area contributed by atoms with Crippen molar-refractivity contribution < 1.29 is 23.0 Å². The molecule has 0 radical (unpaired) electrons. The van der Waals surface area contributed by atoms with E-state index in [1.807, 2.05) is 0 Å². The van der Waals surface area contributed by atoms with Gasteiger partial charge in [-0.25, -0.2) is 0 Å². The second kappa shape index (κ2) is 6.22. The molecule has 0 saturated carbocycles. The summed E-state index contributed by atoms with van der Waals surface area (Å²) in [6.07, 6.45) is 2.81. The summed E-state index contributed by atoms with van der Waals surface area (Å²) in [6, 6.07) is 4.36. The molecule has 1 aromatic carbocycles. The first-order valence-corrected chi connectivity index (χ1v) is 7.91. The molecule has 1 N–H and O–H groups in total. The summed E-state index contributed by atoms with van der Waals surface area (Å²) in [5.74, 6) is 0.796. The van der Waals surface area contributed by atoms with Crippen LogP contribution in [0.25, 0.3) is 0 Å². The molecule has 1 heterocycles. The number of aromatic nitrogens is 1. The van der Waals surface area contributed by atoms with Crippen LogP contribution >= 0.6 is 23.4 Å². The second-order valence-electron chi connectivity index (χ2n) is 5.00. The zero-order chi connectivity index (χ0) is 16.6. The highest BCUT2D eigenvalue weighted by Gasteiger charge is 2.35. The molecule has 0 fully saturated rings. The molecule has 1 aliphatic carbocycles. The van der Waals surface area contributed by atoms with Crippen LogP contribution < -0.4 is 4.74 Å². The largest absolute Gasteiger partial charge is 0.455 e. The maximum Gasteiger partial charge on any atom is 0.446 e. The molecule has 0 amide bonds. The molecule has 3 nitrogen and oxygen atoms in total. The summed E-state index contributed by atoms with van der Waals surface area (Å²) < 4.78 is 43.7.